The van der Waals surface area contributed by atoms with Gasteiger partial charge in [0.1, 0.15) is 18.4 Å². The Morgan fingerprint density at radius 1 is 0.684 bits per heavy atom. The number of alkyl halides is 2. The van der Waals surface area contributed by atoms with Crippen LogP contribution in [0.25, 0.3) is 22.5 Å². The Bertz CT molecular complexity index is 2270. The molecule has 0 saturated carbocycles. The molecule has 5 aromatic carbocycles. The number of ether oxygens (including phenoxy) is 2. The topological polar surface area (TPSA) is 107 Å². The molecule has 1 aromatic heterocycles. The summed E-state index contributed by atoms with van der Waals surface area (Å²) >= 11 is 0. The molecule has 6 rings (SSSR count). The molecule has 10 heteroatoms. The molecule has 57 heavy (non-hydrogen) atoms. The zero-order valence-electron chi connectivity index (χ0n) is 31.7. The first-order chi connectivity index (χ1) is 27.6. The van der Waals surface area contributed by atoms with Gasteiger partial charge in [-0.05, 0) is 41.2 Å². The van der Waals surface area contributed by atoms with E-state index in [-0.39, 0.29) is 37.2 Å². The van der Waals surface area contributed by atoms with E-state index in [1.54, 1.807) is 67.0 Å². The summed E-state index contributed by atoms with van der Waals surface area (Å²) < 4.78 is 42.0. The van der Waals surface area contributed by atoms with Crippen molar-refractivity contribution in [1.82, 2.24) is 15.3 Å². The van der Waals surface area contributed by atoms with Gasteiger partial charge in [0, 0.05) is 48.3 Å². The molecule has 0 aliphatic heterocycles. The minimum absolute atomic E-state index is 0.00197. The number of carbonyl (C=O) groups is 3. The predicted molar refractivity (Wildman–Crippen MR) is 214 cm³/mol. The highest BCUT2D eigenvalue weighted by molar-refractivity contribution is 5.84. The fourth-order valence-corrected chi connectivity index (χ4v) is 6.46. The standard InChI is InChI=1S/C47H43F2N3O5/c1-3-37-16-10-11-17-41(37)44-43(50-26-27-51-44)38-22-18-34(19-23-38)28-40(53)29-35-20-24-39(25-21-35)47(48,49)32(2)57-45(54)42(30-33-12-6-4-7-13-33)52-46(55)56-31-36-14-8-5-9-15-36/h4-27,32,42H,3,28-31H2,1-2H3,(H,52,55)/t32-,42-/m0/s1. The highest BCUT2D eigenvalue weighted by atomic mass is 19.3. The number of amides is 1. The lowest BCUT2D eigenvalue weighted by Crippen LogP contribution is -2.46. The number of rotatable bonds is 16. The molecule has 0 unspecified atom stereocenters. The lowest BCUT2D eigenvalue weighted by molar-refractivity contribution is -0.175. The van der Waals surface area contributed by atoms with E-state index in [9.17, 15) is 14.4 Å². The van der Waals surface area contributed by atoms with E-state index in [0.29, 0.717) is 11.1 Å². The molecule has 8 nitrogen and oxygen atoms in total. The predicted octanol–water partition coefficient (Wildman–Crippen LogP) is 9.29. The SMILES string of the molecule is CCc1ccccc1-c1nccnc1-c1ccc(CC(=O)Cc2ccc(C(F)(F)[C@H](C)OC(=O)[C@H](Cc3ccccc3)NC(=O)OCc3ccccc3)cc2)cc1. The summed E-state index contributed by atoms with van der Waals surface area (Å²) in [5.74, 6) is -4.69. The summed E-state index contributed by atoms with van der Waals surface area (Å²) in [6.45, 7) is 3.16. The second-order valence-electron chi connectivity index (χ2n) is 13.7. The zero-order chi connectivity index (χ0) is 40.2. The van der Waals surface area contributed by atoms with Gasteiger partial charge in [0.25, 0.3) is 0 Å². The Hall–Kier alpha value is -6.55. The van der Waals surface area contributed by atoms with Crippen LogP contribution in [0.1, 0.15) is 47.2 Å². The van der Waals surface area contributed by atoms with Gasteiger partial charge in [0.15, 0.2) is 6.10 Å². The van der Waals surface area contributed by atoms with E-state index < -0.39 is 30.1 Å². The lowest BCUT2D eigenvalue weighted by atomic mass is 9.96. The number of Topliss-reactive ketones (excluding diaryl/α,β-unsaturated/α-hetero) is 1. The Morgan fingerprint density at radius 2 is 1.25 bits per heavy atom. The highest BCUT2D eigenvalue weighted by Crippen LogP contribution is 2.34. The van der Waals surface area contributed by atoms with Crippen LogP contribution < -0.4 is 5.32 Å². The van der Waals surface area contributed by atoms with Crippen LogP contribution in [0.2, 0.25) is 0 Å². The Kier molecular flexibility index (Phi) is 13.3. The maximum absolute atomic E-state index is 15.7. The van der Waals surface area contributed by atoms with E-state index in [1.165, 1.54) is 29.8 Å². The summed E-state index contributed by atoms with van der Waals surface area (Å²) in [7, 11) is 0. The molecular weight excluding hydrogens is 725 g/mol. The number of hydrogen-bond donors (Lipinski definition) is 1. The molecule has 0 saturated heterocycles. The van der Waals surface area contributed by atoms with Crippen LogP contribution in [0, 0.1) is 0 Å². The minimum Gasteiger partial charge on any atom is -0.454 e. The van der Waals surface area contributed by atoms with Gasteiger partial charge in [0.2, 0.25) is 0 Å². The Balaban J connectivity index is 1.05. The molecule has 0 spiro atoms. The molecule has 0 bridgehead atoms. The van der Waals surface area contributed by atoms with Crippen LogP contribution in [0.4, 0.5) is 13.6 Å². The summed E-state index contributed by atoms with van der Waals surface area (Å²) in [6, 6.07) is 37.7. The number of nitrogens with zero attached hydrogens (tertiary/aromatic N) is 2. The second kappa shape index (κ2) is 18.9. The first-order valence-electron chi connectivity index (χ1n) is 18.8. The smallest absolute Gasteiger partial charge is 0.408 e. The van der Waals surface area contributed by atoms with Crippen molar-refractivity contribution in [3.8, 4) is 22.5 Å². The van der Waals surface area contributed by atoms with Crippen molar-refractivity contribution in [2.75, 3.05) is 0 Å². The van der Waals surface area contributed by atoms with Crippen LogP contribution in [-0.2, 0) is 57.3 Å². The molecule has 1 amide bonds. The fourth-order valence-electron chi connectivity index (χ4n) is 6.46. The van der Waals surface area contributed by atoms with Gasteiger partial charge < -0.3 is 14.8 Å². The molecular formula is C47H43F2N3O5. The normalized spacial score (nSPS) is 12.3. The number of hydrogen-bond acceptors (Lipinski definition) is 7. The van der Waals surface area contributed by atoms with Crippen LogP contribution in [0.3, 0.4) is 0 Å². The van der Waals surface area contributed by atoms with Crippen LogP contribution >= 0.6 is 0 Å². The maximum Gasteiger partial charge on any atom is 0.408 e. The fraction of sp³-hybridized carbons (Fsp3) is 0.213. The number of aromatic nitrogens is 2. The highest BCUT2D eigenvalue weighted by Gasteiger charge is 2.42. The average Bonchev–Trinajstić information content (AvgIpc) is 3.24. The lowest BCUT2D eigenvalue weighted by Gasteiger charge is -2.26. The molecule has 1 N–H and O–H groups in total. The maximum atomic E-state index is 15.7. The largest absolute Gasteiger partial charge is 0.454 e. The molecule has 2 atom stereocenters. The van der Waals surface area contributed by atoms with E-state index >= 15 is 8.78 Å². The summed E-state index contributed by atoms with van der Waals surface area (Å²) in [5.41, 5.74) is 7.05. The van der Waals surface area contributed by atoms with Gasteiger partial charge in [-0.25, -0.2) is 9.59 Å². The third-order valence-electron chi connectivity index (χ3n) is 9.60. The van der Waals surface area contributed by atoms with Gasteiger partial charge in [-0.1, -0.05) is 140 Å². The quantitative estimate of drug-likeness (QED) is 0.0979. The van der Waals surface area contributed by atoms with Crippen molar-refractivity contribution >= 4 is 17.8 Å². The minimum atomic E-state index is -3.58. The molecule has 290 valence electrons. The van der Waals surface area contributed by atoms with Gasteiger partial charge in [0.05, 0.1) is 11.4 Å². The molecule has 1 heterocycles. The van der Waals surface area contributed by atoms with Crippen molar-refractivity contribution in [3.05, 3.63) is 179 Å². The number of aryl methyl sites for hydroxylation is 1. The first-order valence-corrected chi connectivity index (χ1v) is 18.8. The zero-order valence-corrected chi connectivity index (χ0v) is 31.7. The third-order valence-corrected chi connectivity index (χ3v) is 9.60. The molecule has 0 fully saturated rings. The molecule has 0 aliphatic rings. The first kappa shape index (κ1) is 40.1. The van der Waals surface area contributed by atoms with E-state index in [4.69, 9.17) is 9.47 Å². The average molecular weight is 768 g/mol. The molecule has 6 aromatic rings. The summed E-state index contributed by atoms with van der Waals surface area (Å²) in [4.78, 5) is 48.3. The second-order valence-corrected chi connectivity index (χ2v) is 13.7. The van der Waals surface area contributed by atoms with Crippen LogP contribution in [-0.4, -0.2) is 40.0 Å². The summed E-state index contributed by atoms with van der Waals surface area (Å²) in [6.07, 6.45) is 1.65. The monoisotopic (exact) mass is 767 g/mol. The molecule has 0 aliphatic carbocycles. The van der Waals surface area contributed by atoms with Crippen LogP contribution in [0.5, 0.6) is 0 Å². The number of benzene rings is 5. The van der Waals surface area contributed by atoms with E-state index in [0.717, 1.165) is 47.0 Å². The number of esters is 1. The van der Waals surface area contributed by atoms with Crippen molar-refractivity contribution in [3.63, 3.8) is 0 Å². The van der Waals surface area contributed by atoms with Gasteiger partial charge >= 0.3 is 18.0 Å². The van der Waals surface area contributed by atoms with Gasteiger partial charge in [-0.3, -0.25) is 14.8 Å². The van der Waals surface area contributed by atoms with E-state index in [2.05, 4.69) is 28.3 Å². The Labute approximate surface area is 330 Å². The van der Waals surface area contributed by atoms with Gasteiger partial charge in [-0.2, -0.15) is 8.78 Å². The van der Waals surface area contributed by atoms with Crippen molar-refractivity contribution in [2.24, 2.45) is 0 Å². The summed E-state index contributed by atoms with van der Waals surface area (Å²) in [5, 5.41) is 2.48. The van der Waals surface area contributed by atoms with Crippen molar-refractivity contribution in [1.29, 1.82) is 0 Å². The number of ketones is 1. The van der Waals surface area contributed by atoms with E-state index in [1.807, 2.05) is 48.5 Å². The van der Waals surface area contributed by atoms with Gasteiger partial charge in [-0.15, -0.1) is 0 Å². The van der Waals surface area contributed by atoms with Crippen LogP contribution in [0.15, 0.2) is 146 Å². The number of alkyl carbamates (subject to hydrolysis) is 1. The molecule has 0 radical (unpaired) electrons. The number of nitrogens with one attached hydrogen (secondary N) is 1. The number of carbonyl (C=O) groups excluding carboxylic acids is 3. The third kappa shape index (κ3) is 10.6. The Morgan fingerprint density at radius 3 is 1.88 bits per heavy atom. The number of halogens is 2. The van der Waals surface area contributed by atoms with Crippen molar-refractivity contribution < 1.29 is 32.6 Å². The van der Waals surface area contributed by atoms with Crippen molar-refractivity contribution in [2.45, 2.75) is 64.2 Å².